The number of amides is 2. The van der Waals surface area contributed by atoms with Crippen molar-refractivity contribution < 1.29 is 18.1 Å². The first kappa shape index (κ1) is 8.10. The number of hydrogen-bond donors (Lipinski definition) is 2. The van der Waals surface area contributed by atoms with Crippen LogP contribution in [0.5, 0.6) is 0 Å². The van der Waals surface area contributed by atoms with Gasteiger partial charge in [-0.2, -0.15) is 5.10 Å². The van der Waals surface area contributed by atoms with Crippen LogP contribution < -0.4 is 10.6 Å². The minimum absolute atomic E-state index is 0.00847. The van der Waals surface area contributed by atoms with Crippen molar-refractivity contribution in [1.82, 2.24) is 15.5 Å². The van der Waals surface area contributed by atoms with Crippen molar-refractivity contribution in [1.29, 1.82) is 0 Å². The number of hydrogen-bond acceptors (Lipinski definition) is 4. The molecule has 0 bridgehead atoms. The molecule has 7 heteroatoms. The van der Waals surface area contributed by atoms with E-state index in [4.69, 9.17) is 4.11 Å². The van der Waals surface area contributed by atoms with Gasteiger partial charge in [0.25, 0.3) is 5.91 Å². The predicted molar refractivity (Wildman–Crippen MR) is 57.1 cm³/mol. The Labute approximate surface area is 101 Å². The van der Waals surface area contributed by atoms with Crippen LogP contribution >= 0.6 is 0 Å². The van der Waals surface area contributed by atoms with Crippen molar-refractivity contribution in [3.05, 3.63) is 18.0 Å². The highest BCUT2D eigenvalue weighted by Gasteiger charge is 2.43. The molecule has 1 heterocycles. The van der Waals surface area contributed by atoms with Crippen LogP contribution in [0.2, 0.25) is 0 Å². The molecule has 2 rings (SSSR count). The predicted octanol–water partition coefficient (Wildman–Crippen LogP) is 0.133. The van der Waals surface area contributed by atoms with Gasteiger partial charge in [-0.15, -0.1) is 5.10 Å². The van der Waals surface area contributed by atoms with Gasteiger partial charge in [0.15, 0.2) is 5.69 Å². The molecule has 2 atom stereocenters. The fourth-order valence-corrected chi connectivity index (χ4v) is 1.32. The average Bonchev–Trinajstić information content (AvgIpc) is 3.05. The molecule has 1 saturated carbocycles. The molecule has 0 unspecified atom stereocenters. The Morgan fingerprint density at radius 3 is 3.06 bits per heavy atom. The largest absolute Gasteiger partial charge is 0.354 e. The summed E-state index contributed by atoms with van der Waals surface area (Å²) in [5.41, 5.74) is -0.348. The number of aromatic nitrogens is 2. The highest BCUT2D eigenvalue weighted by atomic mass is 19.1. The third kappa shape index (κ3) is 2.38. The first-order valence-corrected chi connectivity index (χ1v) is 4.87. The van der Waals surface area contributed by atoms with Gasteiger partial charge in [-0.25, -0.2) is 4.39 Å². The van der Waals surface area contributed by atoms with Crippen molar-refractivity contribution in [3.8, 4) is 0 Å². The Morgan fingerprint density at radius 2 is 2.41 bits per heavy atom. The van der Waals surface area contributed by atoms with E-state index >= 15 is 0 Å². The molecule has 1 aromatic heterocycles. The normalized spacial score (nSPS) is 25.1. The summed E-state index contributed by atoms with van der Waals surface area (Å²) >= 11 is 0. The van der Waals surface area contributed by atoms with Gasteiger partial charge < -0.3 is 10.6 Å². The summed E-state index contributed by atoms with van der Waals surface area (Å²) < 4.78 is 33.6. The molecule has 1 aliphatic rings. The van der Waals surface area contributed by atoms with Crippen LogP contribution in [0.1, 0.15) is 21.0 Å². The highest BCUT2D eigenvalue weighted by molar-refractivity contribution is 6.03. The number of carbonyl (C=O) groups excluding carboxylic acids is 2. The van der Waals surface area contributed by atoms with Crippen LogP contribution in [0.3, 0.4) is 0 Å². The van der Waals surface area contributed by atoms with Gasteiger partial charge in [0.1, 0.15) is 6.17 Å². The van der Waals surface area contributed by atoms with Crippen LogP contribution in [-0.2, 0) is 4.79 Å². The van der Waals surface area contributed by atoms with Crippen LogP contribution in [0.4, 0.5) is 10.1 Å². The standard InChI is InChI=1S/C10H11FN4O2/c1-12-10(17)8-7(2-3-13-15-8)14-9(16)5-4-6(5)11/h2-3,5-6H,4H2,1H3,(H,12,17)(H,13,14,16)/t5-,6+/m1/s1/i1D3. The fourth-order valence-electron chi connectivity index (χ4n) is 1.32. The van der Waals surface area contributed by atoms with Crippen molar-refractivity contribution in [2.75, 3.05) is 12.3 Å². The molecule has 1 fully saturated rings. The number of nitrogens with one attached hydrogen (secondary N) is 2. The van der Waals surface area contributed by atoms with Crippen molar-refractivity contribution in [2.45, 2.75) is 12.6 Å². The highest BCUT2D eigenvalue weighted by Crippen LogP contribution is 2.34. The van der Waals surface area contributed by atoms with Gasteiger partial charge in [0.2, 0.25) is 5.91 Å². The van der Waals surface area contributed by atoms with Gasteiger partial charge in [-0.05, 0) is 12.5 Å². The van der Waals surface area contributed by atoms with E-state index in [1.807, 2.05) is 0 Å². The maximum absolute atomic E-state index is 12.8. The summed E-state index contributed by atoms with van der Waals surface area (Å²) in [5, 5.41) is 11.0. The second kappa shape index (κ2) is 4.44. The van der Waals surface area contributed by atoms with E-state index < -0.39 is 30.9 Å². The third-order valence-electron chi connectivity index (χ3n) is 2.36. The van der Waals surface area contributed by atoms with E-state index in [0.717, 1.165) is 0 Å². The Hall–Kier alpha value is -2.05. The zero-order chi connectivity index (χ0) is 14.9. The van der Waals surface area contributed by atoms with Crippen molar-refractivity contribution in [2.24, 2.45) is 5.92 Å². The maximum Gasteiger partial charge on any atom is 0.273 e. The number of alkyl halides is 1. The van der Waals surface area contributed by atoms with Crippen LogP contribution in [0.25, 0.3) is 0 Å². The summed E-state index contributed by atoms with van der Waals surface area (Å²) in [6.07, 6.45) is 0.187. The maximum atomic E-state index is 12.8. The molecular weight excluding hydrogens is 227 g/mol. The number of nitrogens with zero attached hydrogens (tertiary/aromatic N) is 2. The smallest absolute Gasteiger partial charge is 0.273 e. The van der Waals surface area contributed by atoms with Crippen LogP contribution in [-0.4, -0.2) is 35.2 Å². The quantitative estimate of drug-likeness (QED) is 0.788. The van der Waals surface area contributed by atoms with Gasteiger partial charge in [0.05, 0.1) is 17.8 Å². The monoisotopic (exact) mass is 241 g/mol. The molecule has 2 N–H and O–H groups in total. The molecule has 0 radical (unpaired) electrons. The Balaban J connectivity index is 2.13. The number of rotatable bonds is 3. The first-order valence-electron chi connectivity index (χ1n) is 6.37. The topological polar surface area (TPSA) is 84.0 Å². The first-order chi connectivity index (χ1) is 9.28. The lowest BCUT2D eigenvalue weighted by Gasteiger charge is -2.07. The Kier molecular flexibility index (Phi) is 2.12. The molecule has 0 saturated heterocycles. The lowest BCUT2D eigenvalue weighted by atomic mass is 10.3. The van der Waals surface area contributed by atoms with Crippen molar-refractivity contribution in [3.63, 3.8) is 0 Å². The number of halogens is 1. The summed E-state index contributed by atoms with van der Waals surface area (Å²) in [6, 6.07) is 1.29. The van der Waals surface area contributed by atoms with Crippen LogP contribution in [0.15, 0.2) is 12.3 Å². The van der Waals surface area contributed by atoms with Crippen molar-refractivity contribution >= 4 is 17.5 Å². The molecule has 0 aliphatic heterocycles. The summed E-state index contributed by atoms with van der Waals surface area (Å²) in [5.74, 6) is -2.31. The fraction of sp³-hybridized carbons (Fsp3) is 0.400. The molecule has 0 spiro atoms. The molecule has 1 aliphatic carbocycles. The lowest BCUT2D eigenvalue weighted by molar-refractivity contribution is -0.117. The van der Waals surface area contributed by atoms with E-state index in [-0.39, 0.29) is 17.8 Å². The molecular formula is C10H11FN4O2. The van der Waals surface area contributed by atoms with E-state index in [9.17, 15) is 14.0 Å². The molecule has 0 aromatic carbocycles. The minimum atomic E-state index is -2.68. The second-order valence-corrected chi connectivity index (χ2v) is 3.60. The zero-order valence-corrected chi connectivity index (χ0v) is 8.61. The lowest BCUT2D eigenvalue weighted by Crippen LogP contribution is -2.24. The van der Waals surface area contributed by atoms with E-state index in [0.29, 0.717) is 0 Å². The SMILES string of the molecule is [2H]C([2H])([2H])NC(=O)c1nnccc1NC(=O)[C@@H]1C[C@@H]1F. The summed E-state index contributed by atoms with van der Waals surface area (Å²) in [6.45, 7) is -2.68. The van der Waals surface area contributed by atoms with E-state index in [1.165, 1.54) is 12.3 Å². The molecule has 1 aromatic rings. The van der Waals surface area contributed by atoms with E-state index in [2.05, 4.69) is 15.5 Å². The number of anilines is 1. The molecule has 90 valence electrons. The van der Waals surface area contributed by atoms with Gasteiger partial charge in [-0.3, -0.25) is 9.59 Å². The third-order valence-corrected chi connectivity index (χ3v) is 2.36. The van der Waals surface area contributed by atoms with E-state index in [1.54, 1.807) is 5.32 Å². The average molecular weight is 241 g/mol. The Morgan fingerprint density at radius 1 is 1.65 bits per heavy atom. The minimum Gasteiger partial charge on any atom is -0.354 e. The molecule has 2 amide bonds. The number of carbonyl (C=O) groups is 2. The summed E-state index contributed by atoms with van der Waals surface area (Å²) in [4.78, 5) is 23.3. The van der Waals surface area contributed by atoms with Gasteiger partial charge >= 0.3 is 0 Å². The zero-order valence-electron chi connectivity index (χ0n) is 11.6. The van der Waals surface area contributed by atoms with Gasteiger partial charge in [-0.1, -0.05) is 0 Å². The Bertz CT molecular complexity index is 552. The van der Waals surface area contributed by atoms with Gasteiger partial charge in [0, 0.05) is 11.1 Å². The summed E-state index contributed by atoms with van der Waals surface area (Å²) in [7, 11) is 0. The second-order valence-electron chi connectivity index (χ2n) is 3.60. The molecule has 6 nitrogen and oxygen atoms in total. The molecule has 17 heavy (non-hydrogen) atoms. The van der Waals surface area contributed by atoms with Crippen LogP contribution in [0, 0.1) is 5.92 Å².